The van der Waals surface area contributed by atoms with Gasteiger partial charge in [0.05, 0.1) is 17.7 Å². The molecule has 2 amide bonds. The van der Waals surface area contributed by atoms with Gasteiger partial charge in [-0.3, -0.25) is 9.59 Å². The fourth-order valence-corrected chi connectivity index (χ4v) is 4.30. The Labute approximate surface area is 200 Å². The van der Waals surface area contributed by atoms with Crippen molar-refractivity contribution in [1.29, 1.82) is 0 Å². The average Bonchev–Trinajstić information content (AvgIpc) is 3.02. The first-order valence-corrected chi connectivity index (χ1v) is 11.7. The van der Waals surface area contributed by atoms with Crippen LogP contribution in [0.25, 0.3) is 0 Å². The van der Waals surface area contributed by atoms with Crippen molar-refractivity contribution in [2.75, 3.05) is 22.0 Å². The number of hydrogen-bond donors (Lipinski definition) is 2. The largest absolute Gasteiger partial charge is 0.497 e. The van der Waals surface area contributed by atoms with E-state index in [4.69, 9.17) is 16.3 Å². The van der Waals surface area contributed by atoms with Gasteiger partial charge in [0, 0.05) is 23.6 Å². The number of imide groups is 1. The predicted molar refractivity (Wildman–Crippen MR) is 126 cm³/mol. The maximum atomic E-state index is 12.9. The summed E-state index contributed by atoms with van der Waals surface area (Å²) in [6.45, 7) is 1.71. The highest BCUT2D eigenvalue weighted by Crippen LogP contribution is 2.32. The fraction of sp³-hybridized carbons (Fsp3) is 0.0909. The number of aromatic nitrogens is 2. The molecule has 10 nitrogen and oxygen atoms in total. The van der Waals surface area contributed by atoms with Crippen molar-refractivity contribution in [2.24, 2.45) is 0 Å². The zero-order valence-corrected chi connectivity index (χ0v) is 19.5. The molecule has 2 heterocycles. The van der Waals surface area contributed by atoms with Gasteiger partial charge >= 0.3 is 0 Å². The average molecular weight is 500 g/mol. The summed E-state index contributed by atoms with van der Waals surface area (Å²) in [5, 5.41) is 2.51. The standard InChI is InChI=1S/C22H18ClN5O5S/c1-13-10-11-24-22(25-13)27-34(31,32)17-8-6-14(7-9-17)26-19-18(23)20(29)28(21(19)30)15-4-3-5-16(12-15)33-2/h3-12,26H,1-2H3,(H,24,25,27). The molecule has 0 radical (unpaired) electrons. The number of rotatable bonds is 7. The summed E-state index contributed by atoms with van der Waals surface area (Å²) < 4.78 is 32.7. The van der Waals surface area contributed by atoms with Gasteiger partial charge in [0.25, 0.3) is 21.8 Å². The van der Waals surface area contributed by atoms with Gasteiger partial charge in [0.2, 0.25) is 5.95 Å². The molecule has 0 bridgehead atoms. The third-order valence-electron chi connectivity index (χ3n) is 4.79. The Balaban J connectivity index is 1.52. The monoisotopic (exact) mass is 499 g/mol. The lowest BCUT2D eigenvalue weighted by atomic mass is 10.2. The van der Waals surface area contributed by atoms with Gasteiger partial charge in [-0.15, -0.1) is 0 Å². The Kier molecular flexibility index (Phi) is 6.22. The minimum atomic E-state index is -3.94. The first-order valence-electron chi connectivity index (χ1n) is 9.82. The number of anilines is 3. The van der Waals surface area contributed by atoms with E-state index in [-0.39, 0.29) is 21.6 Å². The zero-order valence-electron chi connectivity index (χ0n) is 17.9. The van der Waals surface area contributed by atoms with Crippen molar-refractivity contribution in [3.63, 3.8) is 0 Å². The summed E-state index contributed by atoms with van der Waals surface area (Å²) in [6.07, 6.45) is 1.44. The molecule has 0 aliphatic carbocycles. The van der Waals surface area contributed by atoms with Gasteiger partial charge in [-0.05, 0) is 49.4 Å². The molecule has 12 heteroatoms. The first-order chi connectivity index (χ1) is 16.2. The topological polar surface area (TPSA) is 131 Å². The Morgan fingerprint density at radius 2 is 1.76 bits per heavy atom. The number of methoxy groups -OCH3 is 1. The number of carbonyl (C=O) groups excluding carboxylic acids is 2. The lowest BCUT2D eigenvalue weighted by Gasteiger charge is -2.16. The van der Waals surface area contributed by atoms with Gasteiger partial charge in [0.1, 0.15) is 16.5 Å². The van der Waals surface area contributed by atoms with Crippen LogP contribution in [0.2, 0.25) is 0 Å². The zero-order chi connectivity index (χ0) is 24.5. The van der Waals surface area contributed by atoms with Crippen molar-refractivity contribution in [2.45, 2.75) is 11.8 Å². The summed E-state index contributed by atoms with van der Waals surface area (Å²) in [6, 6.07) is 13.6. The number of sulfonamides is 1. The highest BCUT2D eigenvalue weighted by Gasteiger charge is 2.39. The van der Waals surface area contributed by atoms with Gasteiger partial charge in [-0.25, -0.2) is 28.0 Å². The third kappa shape index (κ3) is 4.56. The molecule has 1 aliphatic rings. The van der Waals surface area contributed by atoms with Crippen molar-refractivity contribution in [3.05, 3.63) is 77.2 Å². The van der Waals surface area contributed by atoms with Crippen LogP contribution in [0.4, 0.5) is 17.3 Å². The highest BCUT2D eigenvalue weighted by atomic mass is 35.5. The minimum absolute atomic E-state index is 0.0462. The number of ether oxygens (including phenoxy) is 1. The maximum absolute atomic E-state index is 12.9. The Bertz CT molecular complexity index is 1420. The summed E-state index contributed by atoms with van der Waals surface area (Å²) in [4.78, 5) is 34.4. The van der Waals surface area contributed by atoms with Crippen LogP contribution in [0, 0.1) is 6.92 Å². The fourth-order valence-electron chi connectivity index (χ4n) is 3.13. The number of nitrogens with zero attached hydrogens (tertiary/aromatic N) is 3. The normalized spacial score (nSPS) is 13.9. The molecule has 0 fully saturated rings. The van der Waals surface area contributed by atoms with Gasteiger partial charge in [-0.1, -0.05) is 17.7 Å². The van der Waals surface area contributed by atoms with E-state index in [1.54, 1.807) is 31.2 Å². The van der Waals surface area contributed by atoms with Crippen LogP contribution in [-0.4, -0.2) is 37.3 Å². The molecule has 0 saturated heterocycles. The van der Waals surface area contributed by atoms with Crippen molar-refractivity contribution >= 4 is 50.8 Å². The Morgan fingerprint density at radius 3 is 2.44 bits per heavy atom. The number of hydrogen-bond acceptors (Lipinski definition) is 8. The number of benzene rings is 2. The van der Waals surface area contributed by atoms with E-state index in [9.17, 15) is 18.0 Å². The molecular weight excluding hydrogens is 482 g/mol. The molecule has 2 aromatic carbocycles. The number of halogens is 1. The van der Waals surface area contributed by atoms with Crippen LogP contribution in [-0.2, 0) is 19.6 Å². The van der Waals surface area contributed by atoms with Crippen molar-refractivity contribution in [1.82, 2.24) is 9.97 Å². The maximum Gasteiger partial charge on any atom is 0.283 e. The molecule has 0 saturated carbocycles. The molecule has 0 atom stereocenters. The van der Waals surface area contributed by atoms with Crippen LogP contribution in [0.1, 0.15) is 5.69 Å². The second kappa shape index (κ2) is 9.12. The summed E-state index contributed by atoms with van der Waals surface area (Å²) in [5.41, 5.74) is 1.13. The second-order valence-corrected chi connectivity index (χ2v) is 9.17. The lowest BCUT2D eigenvalue weighted by Crippen LogP contribution is -2.32. The van der Waals surface area contributed by atoms with E-state index in [1.807, 2.05) is 0 Å². The van der Waals surface area contributed by atoms with Gasteiger partial charge < -0.3 is 10.1 Å². The van der Waals surface area contributed by atoms with Crippen LogP contribution in [0.3, 0.4) is 0 Å². The third-order valence-corrected chi connectivity index (χ3v) is 6.49. The summed E-state index contributed by atoms with van der Waals surface area (Å²) in [5.74, 6) is -0.925. The molecule has 34 heavy (non-hydrogen) atoms. The number of aryl methyl sites for hydroxylation is 1. The molecule has 2 N–H and O–H groups in total. The quantitative estimate of drug-likeness (QED) is 0.474. The molecular formula is C22H18ClN5O5S. The number of nitrogens with one attached hydrogen (secondary N) is 2. The van der Waals surface area contributed by atoms with E-state index in [2.05, 4.69) is 20.0 Å². The molecule has 0 spiro atoms. The van der Waals surface area contributed by atoms with E-state index >= 15 is 0 Å². The van der Waals surface area contributed by atoms with Crippen LogP contribution in [0.5, 0.6) is 5.75 Å². The Morgan fingerprint density at radius 1 is 1.03 bits per heavy atom. The van der Waals surface area contributed by atoms with Crippen LogP contribution < -0.4 is 19.7 Å². The lowest BCUT2D eigenvalue weighted by molar-refractivity contribution is -0.120. The second-order valence-electron chi connectivity index (χ2n) is 7.11. The molecule has 1 aromatic heterocycles. The molecule has 1 aliphatic heterocycles. The van der Waals surface area contributed by atoms with E-state index < -0.39 is 21.8 Å². The Hall–Kier alpha value is -3.96. The minimum Gasteiger partial charge on any atom is -0.497 e. The van der Waals surface area contributed by atoms with Crippen molar-refractivity contribution < 1.29 is 22.7 Å². The summed E-state index contributed by atoms with van der Waals surface area (Å²) in [7, 11) is -2.47. The van der Waals surface area contributed by atoms with E-state index in [0.717, 1.165) is 4.90 Å². The summed E-state index contributed by atoms with van der Waals surface area (Å²) >= 11 is 6.15. The molecule has 0 unspecified atom stereocenters. The number of carbonyl (C=O) groups is 2. The predicted octanol–water partition coefficient (Wildman–Crippen LogP) is 3.03. The smallest absolute Gasteiger partial charge is 0.283 e. The van der Waals surface area contributed by atoms with E-state index in [1.165, 1.54) is 43.6 Å². The van der Waals surface area contributed by atoms with Crippen LogP contribution in [0.15, 0.2) is 76.4 Å². The van der Waals surface area contributed by atoms with E-state index in [0.29, 0.717) is 22.8 Å². The van der Waals surface area contributed by atoms with Gasteiger partial charge in [-0.2, -0.15) is 0 Å². The SMILES string of the molecule is COc1cccc(N2C(=O)C(Cl)=C(Nc3ccc(S(=O)(=O)Nc4nccc(C)n4)cc3)C2=O)c1. The van der Waals surface area contributed by atoms with Crippen LogP contribution >= 0.6 is 11.6 Å². The van der Waals surface area contributed by atoms with Gasteiger partial charge in [0.15, 0.2) is 0 Å². The molecule has 174 valence electrons. The molecule has 4 rings (SSSR count). The number of amides is 2. The molecule has 3 aromatic rings. The highest BCUT2D eigenvalue weighted by molar-refractivity contribution is 7.92. The first kappa shape index (κ1) is 23.2. The van der Waals surface area contributed by atoms with Crippen molar-refractivity contribution in [3.8, 4) is 5.75 Å².